The van der Waals surface area contributed by atoms with Gasteiger partial charge in [0.2, 0.25) is 0 Å². The number of ether oxygens (including phenoxy) is 1. The Hall–Kier alpha value is -1.13. The first-order valence-electron chi connectivity index (χ1n) is 6.25. The summed E-state index contributed by atoms with van der Waals surface area (Å²) < 4.78 is 18.6. The Morgan fingerprint density at radius 2 is 2.17 bits per heavy atom. The molecule has 1 atom stereocenters. The number of morpholine rings is 1. The first-order chi connectivity index (χ1) is 8.39. The van der Waals surface area contributed by atoms with Crippen molar-refractivity contribution < 1.29 is 14.2 Å². The number of rotatable bonds is 2. The van der Waals surface area contributed by atoms with E-state index < -0.39 is 5.82 Å². The lowest BCUT2D eigenvalue weighted by molar-refractivity contribution is -0.0960. The number of halogens is 1. The number of phenols is 1. The fourth-order valence-corrected chi connectivity index (χ4v) is 2.45. The average Bonchev–Trinajstić information content (AvgIpc) is 2.27. The molecule has 1 N–H and O–H groups in total. The minimum Gasteiger partial charge on any atom is -0.508 e. The molecule has 1 fully saturated rings. The first-order valence-corrected chi connectivity index (χ1v) is 6.25. The normalized spacial score (nSPS) is 21.8. The lowest BCUT2D eigenvalue weighted by Gasteiger charge is -2.41. The largest absolute Gasteiger partial charge is 0.508 e. The zero-order valence-electron chi connectivity index (χ0n) is 11.1. The van der Waals surface area contributed by atoms with E-state index in [1.54, 1.807) is 6.07 Å². The Labute approximate surface area is 107 Å². The topological polar surface area (TPSA) is 32.7 Å². The maximum Gasteiger partial charge on any atom is 0.126 e. The van der Waals surface area contributed by atoms with Gasteiger partial charge in [0.25, 0.3) is 0 Å². The third kappa shape index (κ3) is 2.82. The number of nitrogens with zero attached hydrogens (tertiary/aromatic N) is 1. The van der Waals surface area contributed by atoms with E-state index in [0.29, 0.717) is 6.61 Å². The third-order valence-corrected chi connectivity index (χ3v) is 3.45. The molecule has 1 aromatic carbocycles. The highest BCUT2D eigenvalue weighted by Crippen LogP contribution is 2.31. The molecule has 0 spiro atoms. The zero-order valence-corrected chi connectivity index (χ0v) is 11.1. The molecule has 1 heterocycles. The van der Waals surface area contributed by atoms with Gasteiger partial charge in [-0.3, -0.25) is 4.90 Å². The molecular weight excluding hydrogens is 233 g/mol. The highest BCUT2D eigenvalue weighted by Gasteiger charge is 2.30. The average molecular weight is 253 g/mol. The molecule has 1 saturated heterocycles. The number of hydrogen-bond donors (Lipinski definition) is 1. The smallest absolute Gasteiger partial charge is 0.126 e. The third-order valence-electron chi connectivity index (χ3n) is 3.45. The summed E-state index contributed by atoms with van der Waals surface area (Å²) in [5.74, 6) is -0.391. The monoisotopic (exact) mass is 253 g/mol. The fraction of sp³-hybridized carbons (Fsp3) is 0.571. The van der Waals surface area contributed by atoms with Crippen molar-refractivity contribution in [1.29, 1.82) is 0 Å². The molecule has 1 unspecified atom stereocenters. The molecule has 0 amide bonds. The van der Waals surface area contributed by atoms with E-state index in [2.05, 4.69) is 18.7 Å². The van der Waals surface area contributed by atoms with E-state index in [-0.39, 0.29) is 17.4 Å². The molecule has 3 nitrogen and oxygen atoms in total. The number of aromatic hydroxyl groups is 1. The second-order valence-corrected chi connectivity index (χ2v) is 5.46. The number of hydrogen-bond acceptors (Lipinski definition) is 3. The molecule has 2 rings (SSSR count). The minimum atomic E-state index is -0.411. The van der Waals surface area contributed by atoms with Crippen molar-refractivity contribution >= 4 is 0 Å². The van der Waals surface area contributed by atoms with Gasteiger partial charge in [-0.05, 0) is 26.8 Å². The van der Waals surface area contributed by atoms with Gasteiger partial charge < -0.3 is 9.84 Å². The fourth-order valence-electron chi connectivity index (χ4n) is 2.45. The van der Waals surface area contributed by atoms with E-state index in [1.165, 1.54) is 6.07 Å². The van der Waals surface area contributed by atoms with E-state index in [9.17, 15) is 9.50 Å². The van der Waals surface area contributed by atoms with Crippen molar-refractivity contribution in [3.05, 3.63) is 29.6 Å². The van der Waals surface area contributed by atoms with Crippen LogP contribution in [-0.4, -0.2) is 35.3 Å². The molecule has 0 radical (unpaired) electrons. The lowest BCUT2D eigenvalue weighted by Crippen LogP contribution is -2.48. The molecular formula is C14H20FNO2. The summed E-state index contributed by atoms with van der Waals surface area (Å²) in [6.07, 6.45) is 0. The maximum atomic E-state index is 13.0. The second kappa shape index (κ2) is 4.86. The van der Waals surface area contributed by atoms with Gasteiger partial charge in [0.15, 0.2) is 0 Å². The van der Waals surface area contributed by atoms with Crippen molar-refractivity contribution in [3.63, 3.8) is 0 Å². The van der Waals surface area contributed by atoms with Crippen molar-refractivity contribution in [2.24, 2.45) is 0 Å². The minimum absolute atomic E-state index is 0.0202. The van der Waals surface area contributed by atoms with E-state index in [4.69, 9.17) is 4.74 Å². The molecule has 4 heteroatoms. The maximum absolute atomic E-state index is 13.0. The summed E-state index contributed by atoms with van der Waals surface area (Å²) in [4.78, 5) is 2.25. The highest BCUT2D eigenvalue weighted by molar-refractivity contribution is 5.35. The van der Waals surface area contributed by atoms with E-state index in [0.717, 1.165) is 24.7 Å². The summed E-state index contributed by atoms with van der Waals surface area (Å²) in [5.41, 5.74) is 0.580. The Balaban J connectivity index is 2.17. The van der Waals surface area contributed by atoms with Gasteiger partial charge in [0, 0.05) is 30.8 Å². The quantitative estimate of drug-likeness (QED) is 0.879. The van der Waals surface area contributed by atoms with Crippen LogP contribution in [0.2, 0.25) is 0 Å². The zero-order chi connectivity index (χ0) is 13.3. The molecule has 100 valence electrons. The van der Waals surface area contributed by atoms with Crippen LogP contribution in [0.5, 0.6) is 5.75 Å². The van der Waals surface area contributed by atoms with E-state index in [1.807, 2.05) is 6.92 Å². The number of benzene rings is 1. The first kappa shape index (κ1) is 13.3. The van der Waals surface area contributed by atoms with Gasteiger partial charge in [-0.15, -0.1) is 0 Å². The van der Waals surface area contributed by atoms with Gasteiger partial charge in [-0.25, -0.2) is 4.39 Å². The summed E-state index contributed by atoms with van der Waals surface area (Å²) in [6.45, 7) is 8.42. The van der Waals surface area contributed by atoms with Crippen LogP contribution in [-0.2, 0) is 4.74 Å². The van der Waals surface area contributed by atoms with E-state index >= 15 is 0 Å². The van der Waals surface area contributed by atoms with Crippen LogP contribution in [0.15, 0.2) is 18.2 Å². The molecule has 18 heavy (non-hydrogen) atoms. The van der Waals surface area contributed by atoms with Crippen molar-refractivity contribution in [3.8, 4) is 5.75 Å². The molecule has 1 aromatic rings. The van der Waals surface area contributed by atoms with Crippen LogP contribution >= 0.6 is 0 Å². The summed E-state index contributed by atoms with van der Waals surface area (Å²) in [6, 6.07) is 4.25. The van der Waals surface area contributed by atoms with Crippen molar-refractivity contribution in [2.45, 2.75) is 32.4 Å². The highest BCUT2D eigenvalue weighted by atomic mass is 19.1. The molecule has 0 aliphatic carbocycles. The molecule has 0 aromatic heterocycles. The van der Waals surface area contributed by atoms with Crippen LogP contribution in [0.3, 0.4) is 0 Å². The Kier molecular flexibility index (Phi) is 3.59. The number of phenolic OH excluding ortho intramolecular Hbond substituents is 1. The van der Waals surface area contributed by atoms with Gasteiger partial charge in [0.05, 0.1) is 12.2 Å². The van der Waals surface area contributed by atoms with Gasteiger partial charge in [-0.1, -0.05) is 6.07 Å². The van der Waals surface area contributed by atoms with Crippen LogP contribution < -0.4 is 0 Å². The molecule has 1 aliphatic heterocycles. The standard InChI is InChI=1S/C14H20FNO2/c1-10(12-5-4-11(15)8-13(12)17)16-6-7-18-14(2,3)9-16/h4-5,8,10,17H,6-7,9H2,1-3H3. The van der Waals surface area contributed by atoms with Crippen LogP contribution in [0.25, 0.3) is 0 Å². The van der Waals surface area contributed by atoms with Gasteiger partial charge in [0.1, 0.15) is 11.6 Å². The van der Waals surface area contributed by atoms with Gasteiger partial charge >= 0.3 is 0 Å². The second-order valence-electron chi connectivity index (χ2n) is 5.46. The van der Waals surface area contributed by atoms with Crippen LogP contribution in [0.1, 0.15) is 32.4 Å². The molecule has 0 saturated carbocycles. The Morgan fingerprint density at radius 3 is 2.78 bits per heavy atom. The SMILES string of the molecule is CC(c1ccc(F)cc1O)N1CCOC(C)(C)C1. The van der Waals surface area contributed by atoms with Crippen LogP contribution in [0.4, 0.5) is 4.39 Å². The lowest BCUT2D eigenvalue weighted by atomic mass is 10.0. The predicted octanol–water partition coefficient (Wildman–Crippen LogP) is 2.70. The van der Waals surface area contributed by atoms with Crippen molar-refractivity contribution in [2.75, 3.05) is 19.7 Å². The van der Waals surface area contributed by atoms with Crippen LogP contribution in [0, 0.1) is 5.82 Å². The predicted molar refractivity (Wildman–Crippen MR) is 68.1 cm³/mol. The molecule has 0 bridgehead atoms. The van der Waals surface area contributed by atoms with Crippen molar-refractivity contribution in [1.82, 2.24) is 4.90 Å². The summed E-state index contributed by atoms with van der Waals surface area (Å²) in [5, 5.41) is 9.82. The van der Waals surface area contributed by atoms with Gasteiger partial charge in [-0.2, -0.15) is 0 Å². The Morgan fingerprint density at radius 1 is 1.44 bits per heavy atom. The summed E-state index contributed by atoms with van der Waals surface area (Å²) in [7, 11) is 0. The Bertz CT molecular complexity index is 434. The molecule has 1 aliphatic rings. The summed E-state index contributed by atoms with van der Waals surface area (Å²) >= 11 is 0.